The fourth-order valence-electron chi connectivity index (χ4n) is 3.34. The molecule has 1 aliphatic rings. The van der Waals surface area contributed by atoms with Crippen molar-refractivity contribution < 1.29 is 19.1 Å². The summed E-state index contributed by atoms with van der Waals surface area (Å²) in [4.78, 5) is 39.6. The first-order chi connectivity index (χ1) is 13.2. The van der Waals surface area contributed by atoms with Gasteiger partial charge >= 0.3 is 5.97 Å². The molecule has 7 nitrogen and oxygen atoms in total. The van der Waals surface area contributed by atoms with Crippen molar-refractivity contribution in [3.8, 4) is 0 Å². The maximum absolute atomic E-state index is 12.5. The second-order valence-electron chi connectivity index (χ2n) is 7.72. The molecule has 0 spiro atoms. The molecule has 1 heterocycles. The van der Waals surface area contributed by atoms with E-state index in [0.717, 1.165) is 29.7 Å². The van der Waals surface area contributed by atoms with E-state index in [1.54, 1.807) is 18.9 Å². The van der Waals surface area contributed by atoms with E-state index in [1.807, 2.05) is 13.8 Å². The quantitative estimate of drug-likeness (QED) is 0.644. The van der Waals surface area contributed by atoms with Gasteiger partial charge in [0.25, 0.3) is 0 Å². The third-order valence-corrected chi connectivity index (χ3v) is 5.69. The smallest absolute Gasteiger partial charge is 0.341 e. The Morgan fingerprint density at radius 1 is 1.25 bits per heavy atom. The number of fused-ring (bicyclic) bond motifs is 1. The number of thiophene rings is 1. The van der Waals surface area contributed by atoms with Gasteiger partial charge in [0.2, 0.25) is 11.8 Å². The fourth-order valence-corrected chi connectivity index (χ4v) is 4.75. The second-order valence-corrected chi connectivity index (χ2v) is 8.82. The molecule has 0 bridgehead atoms. The van der Waals surface area contributed by atoms with E-state index in [1.165, 1.54) is 11.3 Å². The zero-order valence-corrected chi connectivity index (χ0v) is 18.2. The molecular formula is C20H31N3O4S. The van der Waals surface area contributed by atoms with Gasteiger partial charge in [0.1, 0.15) is 5.00 Å². The highest BCUT2D eigenvalue weighted by atomic mass is 32.1. The third kappa shape index (κ3) is 6.04. The fraction of sp³-hybridized carbons (Fsp3) is 0.650. The van der Waals surface area contributed by atoms with E-state index in [-0.39, 0.29) is 36.9 Å². The van der Waals surface area contributed by atoms with Gasteiger partial charge in [-0.1, -0.05) is 6.92 Å². The molecule has 2 rings (SSSR count). The number of amides is 2. The van der Waals surface area contributed by atoms with Crippen LogP contribution in [-0.4, -0.2) is 55.5 Å². The first kappa shape index (κ1) is 22.4. The van der Waals surface area contributed by atoms with Crippen LogP contribution in [0.15, 0.2) is 0 Å². The number of ether oxygens (including phenoxy) is 1. The second kappa shape index (κ2) is 10.0. The molecule has 1 aromatic rings. The Morgan fingerprint density at radius 3 is 2.57 bits per heavy atom. The van der Waals surface area contributed by atoms with Crippen LogP contribution in [0.3, 0.4) is 0 Å². The molecule has 2 N–H and O–H groups in total. The van der Waals surface area contributed by atoms with Crippen LogP contribution < -0.4 is 10.6 Å². The molecule has 156 valence electrons. The van der Waals surface area contributed by atoms with Crippen LogP contribution >= 0.6 is 11.3 Å². The topological polar surface area (TPSA) is 87.7 Å². The lowest BCUT2D eigenvalue weighted by Gasteiger charge is -2.18. The number of rotatable bonds is 8. The van der Waals surface area contributed by atoms with Crippen molar-refractivity contribution in [3.63, 3.8) is 0 Å². The summed E-state index contributed by atoms with van der Waals surface area (Å²) in [5.74, 6) is -0.194. The van der Waals surface area contributed by atoms with Gasteiger partial charge in [0, 0.05) is 10.9 Å². The van der Waals surface area contributed by atoms with Gasteiger partial charge in [-0.3, -0.25) is 14.5 Å². The average molecular weight is 410 g/mol. The van der Waals surface area contributed by atoms with Gasteiger partial charge < -0.3 is 15.4 Å². The lowest BCUT2D eigenvalue weighted by Crippen LogP contribution is -2.41. The predicted octanol–water partition coefficient (Wildman–Crippen LogP) is 2.44. The number of esters is 1. The Bertz CT molecular complexity index is 729. The molecule has 0 aromatic carbocycles. The van der Waals surface area contributed by atoms with Crippen molar-refractivity contribution in [2.45, 2.75) is 53.0 Å². The van der Waals surface area contributed by atoms with Crippen LogP contribution in [0, 0.1) is 5.92 Å². The minimum atomic E-state index is -0.380. The van der Waals surface area contributed by atoms with E-state index >= 15 is 0 Å². The normalized spacial score (nSPS) is 16.0. The van der Waals surface area contributed by atoms with Crippen molar-refractivity contribution in [2.24, 2.45) is 5.92 Å². The summed E-state index contributed by atoms with van der Waals surface area (Å²) >= 11 is 1.47. The van der Waals surface area contributed by atoms with Crippen molar-refractivity contribution >= 4 is 34.1 Å². The molecule has 1 aromatic heterocycles. The zero-order valence-electron chi connectivity index (χ0n) is 17.4. The highest BCUT2D eigenvalue weighted by Gasteiger charge is 2.29. The van der Waals surface area contributed by atoms with Crippen molar-refractivity contribution in [2.75, 3.05) is 32.1 Å². The number of carbonyl (C=O) groups is 3. The van der Waals surface area contributed by atoms with E-state index < -0.39 is 0 Å². The lowest BCUT2D eigenvalue weighted by atomic mass is 9.88. The summed E-state index contributed by atoms with van der Waals surface area (Å²) in [6, 6.07) is 0.0571. The number of carbonyl (C=O) groups excluding carboxylic acids is 3. The minimum absolute atomic E-state index is 0.0571. The van der Waals surface area contributed by atoms with Crippen molar-refractivity contribution in [1.82, 2.24) is 10.2 Å². The lowest BCUT2D eigenvalue weighted by molar-refractivity contribution is -0.123. The van der Waals surface area contributed by atoms with Crippen LogP contribution in [0.1, 0.15) is 54.9 Å². The summed E-state index contributed by atoms with van der Waals surface area (Å²) in [5.41, 5.74) is 1.52. The number of hydrogen-bond acceptors (Lipinski definition) is 6. The average Bonchev–Trinajstić information content (AvgIpc) is 2.90. The molecule has 0 saturated carbocycles. The van der Waals surface area contributed by atoms with E-state index in [2.05, 4.69) is 17.6 Å². The summed E-state index contributed by atoms with van der Waals surface area (Å²) in [6.45, 7) is 8.24. The molecule has 0 radical (unpaired) electrons. The maximum Gasteiger partial charge on any atom is 0.341 e. The molecule has 1 atom stereocenters. The Morgan fingerprint density at radius 2 is 1.93 bits per heavy atom. The predicted molar refractivity (Wildman–Crippen MR) is 111 cm³/mol. The SMILES string of the molecule is CCOC(=O)c1c(NC(=O)CN(C)CC(=O)NC(C)C)sc2c1CCC(C)C2. The van der Waals surface area contributed by atoms with E-state index in [0.29, 0.717) is 23.1 Å². The molecule has 2 amide bonds. The van der Waals surface area contributed by atoms with Crippen molar-refractivity contribution in [1.29, 1.82) is 0 Å². The number of anilines is 1. The third-order valence-electron chi connectivity index (χ3n) is 4.52. The molecule has 0 fully saturated rings. The van der Waals surface area contributed by atoms with Crippen LogP contribution in [0.25, 0.3) is 0 Å². The van der Waals surface area contributed by atoms with E-state index in [4.69, 9.17) is 4.74 Å². The van der Waals surface area contributed by atoms with Gasteiger partial charge in [-0.25, -0.2) is 4.79 Å². The summed E-state index contributed by atoms with van der Waals surface area (Å²) in [6.07, 6.45) is 2.76. The van der Waals surface area contributed by atoms with Gasteiger partial charge in [-0.15, -0.1) is 11.3 Å². The molecule has 1 unspecified atom stereocenters. The zero-order chi connectivity index (χ0) is 20.8. The number of likely N-dealkylation sites (N-methyl/N-ethyl adjacent to an activating group) is 1. The van der Waals surface area contributed by atoms with Crippen LogP contribution in [0.5, 0.6) is 0 Å². The van der Waals surface area contributed by atoms with Crippen molar-refractivity contribution in [3.05, 3.63) is 16.0 Å². The van der Waals surface area contributed by atoms with Crippen LogP contribution in [0.2, 0.25) is 0 Å². The number of nitrogens with one attached hydrogen (secondary N) is 2. The molecule has 0 aliphatic heterocycles. The largest absolute Gasteiger partial charge is 0.462 e. The first-order valence-electron chi connectivity index (χ1n) is 9.80. The number of hydrogen-bond donors (Lipinski definition) is 2. The summed E-state index contributed by atoms with van der Waals surface area (Å²) in [5, 5.41) is 6.23. The molecule has 0 saturated heterocycles. The van der Waals surface area contributed by atoms with Crippen LogP contribution in [-0.2, 0) is 27.2 Å². The van der Waals surface area contributed by atoms with Gasteiger partial charge in [-0.2, -0.15) is 0 Å². The Kier molecular flexibility index (Phi) is 8.00. The molecular weight excluding hydrogens is 378 g/mol. The maximum atomic E-state index is 12.5. The number of nitrogens with zero attached hydrogens (tertiary/aromatic N) is 1. The summed E-state index contributed by atoms with van der Waals surface area (Å²) < 4.78 is 5.23. The molecule has 8 heteroatoms. The van der Waals surface area contributed by atoms with E-state index in [9.17, 15) is 14.4 Å². The van der Waals surface area contributed by atoms with Crippen LogP contribution in [0.4, 0.5) is 5.00 Å². The highest BCUT2D eigenvalue weighted by molar-refractivity contribution is 7.17. The molecule has 1 aliphatic carbocycles. The standard InChI is InChI=1S/C20H31N3O4S/c1-6-27-20(26)18-14-8-7-13(4)9-15(14)28-19(18)22-17(25)11-23(5)10-16(24)21-12(2)3/h12-13H,6-11H2,1-5H3,(H,21,24)(H,22,25). The minimum Gasteiger partial charge on any atom is -0.462 e. The Balaban J connectivity index is 2.08. The molecule has 28 heavy (non-hydrogen) atoms. The Labute approximate surface area is 170 Å². The van der Waals surface area contributed by atoms with Gasteiger partial charge in [0.15, 0.2) is 0 Å². The summed E-state index contributed by atoms with van der Waals surface area (Å²) in [7, 11) is 1.72. The Hall–Kier alpha value is -1.93. The van der Waals surface area contributed by atoms with Gasteiger partial charge in [-0.05, 0) is 58.6 Å². The highest BCUT2D eigenvalue weighted by Crippen LogP contribution is 2.40. The monoisotopic (exact) mass is 409 g/mol. The first-order valence-corrected chi connectivity index (χ1v) is 10.6. The van der Waals surface area contributed by atoms with Gasteiger partial charge in [0.05, 0.1) is 25.3 Å².